The molecule has 0 radical (unpaired) electrons. The maximum Gasteiger partial charge on any atom is 0.244 e. The van der Waals surface area contributed by atoms with Crippen LogP contribution in [0.2, 0.25) is 0 Å². The minimum atomic E-state index is -0.348. The van der Waals surface area contributed by atoms with Crippen LogP contribution in [-0.2, 0) is 14.4 Å². The van der Waals surface area contributed by atoms with Crippen molar-refractivity contribution >= 4 is 29.1 Å². The Hall–Kier alpha value is -2.37. The Kier molecular flexibility index (Phi) is 4.60. The maximum absolute atomic E-state index is 12.0. The van der Waals surface area contributed by atoms with Gasteiger partial charge in [-0.3, -0.25) is 19.3 Å². The van der Waals surface area contributed by atoms with E-state index in [4.69, 9.17) is 0 Å². The summed E-state index contributed by atoms with van der Waals surface area (Å²) in [5.41, 5.74) is 1.84. The number of benzene rings is 1. The lowest BCUT2D eigenvalue weighted by atomic mass is 10.1. The third kappa shape index (κ3) is 3.70. The van der Waals surface area contributed by atoms with Gasteiger partial charge in [-0.1, -0.05) is 0 Å². The molecule has 1 N–H and O–H groups in total. The average molecular weight is 315 g/mol. The second kappa shape index (κ2) is 6.81. The van der Waals surface area contributed by atoms with E-state index in [1.165, 1.54) is 19.3 Å². The minimum Gasteiger partial charge on any atom is -0.372 e. The van der Waals surface area contributed by atoms with E-state index < -0.39 is 0 Å². The number of carbonyl (C=O) groups excluding carboxylic acids is 3. The molecule has 0 bridgehead atoms. The number of rotatable bonds is 4. The van der Waals surface area contributed by atoms with Crippen molar-refractivity contribution in [1.29, 1.82) is 0 Å². The van der Waals surface area contributed by atoms with Crippen LogP contribution in [-0.4, -0.2) is 42.3 Å². The fourth-order valence-corrected chi connectivity index (χ4v) is 3.05. The Morgan fingerprint density at radius 2 is 1.57 bits per heavy atom. The zero-order valence-corrected chi connectivity index (χ0v) is 13.1. The molecule has 0 aromatic heterocycles. The van der Waals surface area contributed by atoms with Crippen molar-refractivity contribution in [2.45, 2.75) is 32.1 Å². The fourth-order valence-electron chi connectivity index (χ4n) is 3.05. The highest BCUT2D eigenvalue weighted by Crippen LogP contribution is 2.22. The topological polar surface area (TPSA) is 69.7 Å². The van der Waals surface area contributed by atoms with Gasteiger partial charge in [-0.25, -0.2) is 0 Å². The molecule has 1 aromatic carbocycles. The number of hydrogen-bond donors (Lipinski definition) is 1. The molecule has 6 heteroatoms. The van der Waals surface area contributed by atoms with Gasteiger partial charge in [0.15, 0.2) is 0 Å². The molecule has 1 aromatic rings. The summed E-state index contributed by atoms with van der Waals surface area (Å²) in [5.74, 6) is -0.893. The van der Waals surface area contributed by atoms with E-state index in [1.54, 1.807) is 0 Å². The van der Waals surface area contributed by atoms with Gasteiger partial charge in [-0.15, -0.1) is 0 Å². The van der Waals surface area contributed by atoms with Gasteiger partial charge in [0.1, 0.15) is 6.54 Å². The number of amides is 3. The smallest absolute Gasteiger partial charge is 0.244 e. The number of carbonyl (C=O) groups is 3. The Morgan fingerprint density at radius 1 is 0.957 bits per heavy atom. The molecule has 6 nitrogen and oxygen atoms in total. The monoisotopic (exact) mass is 315 g/mol. The molecule has 0 unspecified atom stereocenters. The minimum absolute atomic E-state index is 0.203. The quantitative estimate of drug-likeness (QED) is 0.860. The molecule has 3 rings (SSSR count). The van der Waals surface area contributed by atoms with E-state index in [1.807, 2.05) is 24.3 Å². The highest BCUT2D eigenvalue weighted by molar-refractivity contribution is 6.06. The van der Waals surface area contributed by atoms with Gasteiger partial charge in [0, 0.05) is 37.3 Å². The summed E-state index contributed by atoms with van der Waals surface area (Å²) in [4.78, 5) is 38.4. The molecule has 0 spiro atoms. The van der Waals surface area contributed by atoms with Gasteiger partial charge >= 0.3 is 0 Å². The van der Waals surface area contributed by atoms with Gasteiger partial charge in [-0.05, 0) is 43.5 Å². The van der Waals surface area contributed by atoms with Gasteiger partial charge < -0.3 is 10.2 Å². The summed E-state index contributed by atoms with van der Waals surface area (Å²) < 4.78 is 0. The van der Waals surface area contributed by atoms with Crippen LogP contribution in [0.15, 0.2) is 24.3 Å². The van der Waals surface area contributed by atoms with E-state index in [0.29, 0.717) is 5.69 Å². The first-order valence-electron chi connectivity index (χ1n) is 8.11. The molecule has 0 aliphatic carbocycles. The van der Waals surface area contributed by atoms with Crippen LogP contribution in [0, 0.1) is 0 Å². The standard InChI is InChI=1S/C17H21N3O3/c21-15(12-20-16(22)8-9-17(20)23)18-13-4-6-14(7-5-13)19-10-2-1-3-11-19/h4-7H,1-3,8-12H2,(H,18,21). The molecule has 23 heavy (non-hydrogen) atoms. The first kappa shape index (κ1) is 15.5. The molecular weight excluding hydrogens is 294 g/mol. The molecule has 0 saturated carbocycles. The molecule has 122 valence electrons. The van der Waals surface area contributed by atoms with Crippen molar-refractivity contribution in [2.75, 3.05) is 29.9 Å². The lowest BCUT2D eigenvalue weighted by Gasteiger charge is -2.28. The largest absolute Gasteiger partial charge is 0.372 e. The SMILES string of the molecule is O=C(CN1C(=O)CCC1=O)Nc1ccc(N2CCCCC2)cc1. The summed E-state index contributed by atoms with van der Waals surface area (Å²) in [7, 11) is 0. The van der Waals surface area contributed by atoms with Gasteiger partial charge in [0.25, 0.3) is 0 Å². The fraction of sp³-hybridized carbons (Fsp3) is 0.471. The molecule has 2 saturated heterocycles. The molecule has 2 aliphatic rings. The zero-order chi connectivity index (χ0) is 16.2. The van der Waals surface area contributed by atoms with Crippen LogP contribution in [0.1, 0.15) is 32.1 Å². The Morgan fingerprint density at radius 3 is 2.17 bits per heavy atom. The summed E-state index contributed by atoms with van der Waals surface area (Å²) in [6.07, 6.45) is 4.14. The van der Waals surface area contributed by atoms with Crippen molar-refractivity contribution < 1.29 is 14.4 Å². The molecule has 2 fully saturated rings. The lowest BCUT2D eigenvalue weighted by Crippen LogP contribution is -2.36. The summed E-state index contributed by atoms with van der Waals surface area (Å²) >= 11 is 0. The number of piperidine rings is 1. The van der Waals surface area contributed by atoms with Crippen LogP contribution in [0.5, 0.6) is 0 Å². The summed E-state index contributed by atoms with van der Waals surface area (Å²) in [5, 5.41) is 2.74. The van der Waals surface area contributed by atoms with Crippen LogP contribution in [0.4, 0.5) is 11.4 Å². The van der Waals surface area contributed by atoms with Crippen molar-refractivity contribution in [2.24, 2.45) is 0 Å². The third-order valence-electron chi connectivity index (χ3n) is 4.33. The molecule has 0 atom stereocenters. The number of nitrogens with zero attached hydrogens (tertiary/aromatic N) is 2. The highest BCUT2D eigenvalue weighted by Gasteiger charge is 2.30. The van der Waals surface area contributed by atoms with Gasteiger partial charge in [-0.2, -0.15) is 0 Å². The van der Waals surface area contributed by atoms with Crippen LogP contribution >= 0.6 is 0 Å². The number of anilines is 2. The van der Waals surface area contributed by atoms with Crippen LogP contribution in [0.3, 0.4) is 0 Å². The maximum atomic E-state index is 12.0. The molecule has 2 aliphatic heterocycles. The number of likely N-dealkylation sites (tertiary alicyclic amines) is 1. The number of imide groups is 1. The average Bonchev–Trinajstić information content (AvgIpc) is 2.88. The normalized spacial score (nSPS) is 18.4. The first-order chi connectivity index (χ1) is 11.1. The van der Waals surface area contributed by atoms with E-state index in [9.17, 15) is 14.4 Å². The second-order valence-corrected chi connectivity index (χ2v) is 6.02. The summed E-state index contributed by atoms with van der Waals surface area (Å²) in [6, 6.07) is 7.70. The molecule has 3 amide bonds. The van der Waals surface area contributed by atoms with Crippen molar-refractivity contribution in [1.82, 2.24) is 4.90 Å². The predicted octanol–water partition coefficient (Wildman–Crippen LogP) is 1.76. The van der Waals surface area contributed by atoms with Gasteiger partial charge in [0.2, 0.25) is 17.7 Å². The van der Waals surface area contributed by atoms with Crippen molar-refractivity contribution in [3.05, 3.63) is 24.3 Å². The number of nitrogens with one attached hydrogen (secondary N) is 1. The predicted molar refractivity (Wildman–Crippen MR) is 87.1 cm³/mol. The Balaban J connectivity index is 1.56. The highest BCUT2D eigenvalue weighted by atomic mass is 16.2. The third-order valence-corrected chi connectivity index (χ3v) is 4.33. The van der Waals surface area contributed by atoms with Crippen molar-refractivity contribution in [3.8, 4) is 0 Å². The Labute approximate surface area is 135 Å². The zero-order valence-electron chi connectivity index (χ0n) is 13.1. The van der Waals surface area contributed by atoms with E-state index >= 15 is 0 Å². The second-order valence-electron chi connectivity index (χ2n) is 6.02. The van der Waals surface area contributed by atoms with Crippen molar-refractivity contribution in [3.63, 3.8) is 0 Å². The van der Waals surface area contributed by atoms with Gasteiger partial charge in [0.05, 0.1) is 0 Å². The van der Waals surface area contributed by atoms with E-state index in [2.05, 4.69) is 10.2 Å². The lowest BCUT2D eigenvalue weighted by molar-refractivity contribution is -0.141. The van der Waals surface area contributed by atoms with E-state index in [-0.39, 0.29) is 37.1 Å². The van der Waals surface area contributed by atoms with Crippen LogP contribution < -0.4 is 10.2 Å². The molecule has 2 heterocycles. The van der Waals surface area contributed by atoms with E-state index in [0.717, 1.165) is 23.7 Å². The Bertz CT molecular complexity index is 590. The molecular formula is C17H21N3O3. The number of hydrogen-bond acceptors (Lipinski definition) is 4. The summed E-state index contributed by atoms with van der Waals surface area (Å²) in [6.45, 7) is 1.95. The van der Waals surface area contributed by atoms with Crippen LogP contribution in [0.25, 0.3) is 0 Å². The first-order valence-corrected chi connectivity index (χ1v) is 8.11.